The zero-order valence-corrected chi connectivity index (χ0v) is 15.9. The fraction of sp³-hybridized carbons (Fsp3) is 0.350. The molecule has 1 aliphatic heterocycles. The molecule has 2 N–H and O–H groups in total. The maximum atomic E-state index is 8.88. The molecule has 0 saturated carbocycles. The van der Waals surface area contributed by atoms with Crippen LogP contribution in [-0.4, -0.2) is 19.0 Å². The Balaban J connectivity index is 2.11. The van der Waals surface area contributed by atoms with Gasteiger partial charge in [-0.2, -0.15) is 0 Å². The summed E-state index contributed by atoms with van der Waals surface area (Å²) >= 11 is 1.72. The predicted octanol–water partition coefficient (Wildman–Crippen LogP) is 4.80. The Morgan fingerprint density at radius 2 is 1.96 bits per heavy atom. The summed E-state index contributed by atoms with van der Waals surface area (Å²) < 4.78 is 0. The number of rotatable bonds is 6. The molecule has 5 heteroatoms. The first-order valence-electron chi connectivity index (χ1n) is 8.89. The Morgan fingerprint density at radius 3 is 2.60 bits per heavy atom. The largest absolute Gasteiger partial charge is 0.392 e. The molecule has 2 heterocycles. The van der Waals surface area contributed by atoms with Gasteiger partial charge in [-0.3, -0.25) is 5.41 Å². The molecule has 1 aliphatic rings. The second-order valence-corrected chi connectivity index (χ2v) is 7.05. The summed E-state index contributed by atoms with van der Waals surface area (Å²) in [6, 6.07) is 12.7. The molecule has 0 amide bonds. The zero-order chi connectivity index (χ0) is 17.8. The molecule has 0 radical (unpaired) electrons. The Bertz CT molecular complexity index is 751. The van der Waals surface area contributed by atoms with E-state index in [1.165, 1.54) is 10.6 Å². The monoisotopic (exact) mass is 354 g/mol. The first kappa shape index (κ1) is 17.5. The van der Waals surface area contributed by atoms with Gasteiger partial charge >= 0.3 is 0 Å². The van der Waals surface area contributed by atoms with E-state index >= 15 is 0 Å². The number of hydrogen-bond acceptors (Lipinski definition) is 4. The van der Waals surface area contributed by atoms with Crippen molar-refractivity contribution >= 4 is 27.9 Å². The maximum Gasteiger partial charge on any atom is 0.152 e. The third-order valence-corrected chi connectivity index (χ3v) is 5.37. The van der Waals surface area contributed by atoms with E-state index < -0.39 is 0 Å². The van der Waals surface area contributed by atoms with Crippen LogP contribution in [0.4, 0.5) is 10.7 Å². The summed E-state index contributed by atoms with van der Waals surface area (Å²) in [5.74, 6) is 0.554. The summed E-state index contributed by atoms with van der Waals surface area (Å²) in [4.78, 5) is 4.47. The van der Waals surface area contributed by atoms with Gasteiger partial charge in [0.1, 0.15) is 11.9 Å². The fourth-order valence-electron chi connectivity index (χ4n) is 3.48. The molecular formula is C20H26N4S. The van der Waals surface area contributed by atoms with E-state index in [4.69, 9.17) is 5.41 Å². The predicted molar refractivity (Wildman–Crippen MR) is 109 cm³/mol. The lowest BCUT2D eigenvalue weighted by molar-refractivity contribution is 0.668. The van der Waals surface area contributed by atoms with Crippen LogP contribution in [0.5, 0.6) is 0 Å². The average molecular weight is 355 g/mol. The minimum atomic E-state index is 0.115. The third kappa shape index (κ3) is 3.16. The van der Waals surface area contributed by atoms with Gasteiger partial charge in [0.25, 0.3) is 0 Å². The number of hydrogen-bond donors (Lipinski definition) is 2. The lowest BCUT2D eigenvalue weighted by atomic mass is 10.1. The van der Waals surface area contributed by atoms with Crippen molar-refractivity contribution in [2.75, 3.05) is 16.8 Å². The van der Waals surface area contributed by atoms with Crippen LogP contribution < -0.4 is 15.1 Å². The molecule has 0 spiro atoms. The summed E-state index contributed by atoms with van der Waals surface area (Å²) in [7, 11) is 1.89. The van der Waals surface area contributed by atoms with Crippen LogP contribution in [0.15, 0.2) is 53.7 Å². The Kier molecular flexibility index (Phi) is 5.43. The molecule has 2 aromatic rings. The molecule has 3 rings (SSSR count). The molecule has 25 heavy (non-hydrogen) atoms. The lowest BCUT2D eigenvalue weighted by Crippen LogP contribution is -2.39. The van der Waals surface area contributed by atoms with Crippen LogP contribution in [0, 0.1) is 5.41 Å². The van der Waals surface area contributed by atoms with E-state index in [1.54, 1.807) is 11.3 Å². The van der Waals surface area contributed by atoms with Crippen molar-refractivity contribution < 1.29 is 0 Å². The highest BCUT2D eigenvalue weighted by Gasteiger charge is 2.40. The van der Waals surface area contributed by atoms with Crippen molar-refractivity contribution in [2.45, 2.75) is 39.3 Å². The molecule has 1 saturated heterocycles. The van der Waals surface area contributed by atoms with Gasteiger partial charge in [-0.05, 0) is 42.0 Å². The van der Waals surface area contributed by atoms with E-state index in [2.05, 4.69) is 70.7 Å². The molecule has 0 aliphatic carbocycles. The van der Waals surface area contributed by atoms with Crippen molar-refractivity contribution in [3.05, 3.63) is 59.2 Å². The zero-order valence-electron chi connectivity index (χ0n) is 15.1. The van der Waals surface area contributed by atoms with Crippen molar-refractivity contribution in [2.24, 2.45) is 0 Å². The Hall–Kier alpha value is -2.27. The van der Waals surface area contributed by atoms with E-state index in [1.807, 2.05) is 13.2 Å². The highest BCUT2D eigenvalue weighted by Crippen LogP contribution is 2.39. The molecule has 1 fully saturated rings. The molecule has 132 valence electrons. The molecule has 1 unspecified atom stereocenters. The minimum absolute atomic E-state index is 0.115. The summed E-state index contributed by atoms with van der Waals surface area (Å²) in [5.41, 5.74) is 3.38. The van der Waals surface area contributed by atoms with E-state index in [0.717, 1.165) is 30.6 Å². The third-order valence-electron chi connectivity index (χ3n) is 4.50. The van der Waals surface area contributed by atoms with Crippen LogP contribution in [0.25, 0.3) is 0 Å². The number of thiophene rings is 1. The minimum Gasteiger partial charge on any atom is -0.392 e. The highest BCUT2D eigenvalue weighted by molar-refractivity contribution is 7.14. The molecule has 1 atom stereocenters. The smallest absolute Gasteiger partial charge is 0.152 e. The summed E-state index contributed by atoms with van der Waals surface area (Å²) in [6.45, 7) is 4.39. The Morgan fingerprint density at radius 1 is 1.16 bits per heavy atom. The maximum absolute atomic E-state index is 8.88. The fourth-order valence-corrected chi connectivity index (χ4v) is 4.27. The number of nitrogens with zero attached hydrogens (tertiary/aromatic N) is 2. The SMILES string of the molecule is CCCc1ccccc1N1C(=N)/C(=C\NC)N(c2cccs2)C1CC. The van der Waals surface area contributed by atoms with Gasteiger partial charge in [0, 0.05) is 18.9 Å². The van der Waals surface area contributed by atoms with Gasteiger partial charge in [-0.15, -0.1) is 11.3 Å². The topological polar surface area (TPSA) is 42.4 Å². The summed E-state index contributed by atoms with van der Waals surface area (Å²) in [6.07, 6.45) is 5.11. The number of para-hydroxylation sites is 1. The van der Waals surface area contributed by atoms with Crippen LogP contribution >= 0.6 is 11.3 Å². The lowest BCUT2D eigenvalue weighted by Gasteiger charge is -2.31. The Labute approximate surface area is 154 Å². The first-order valence-corrected chi connectivity index (χ1v) is 9.77. The quantitative estimate of drug-likeness (QED) is 0.783. The molecular weight excluding hydrogens is 328 g/mol. The van der Waals surface area contributed by atoms with Gasteiger partial charge in [0.05, 0.1) is 5.00 Å². The van der Waals surface area contributed by atoms with Gasteiger partial charge in [-0.25, -0.2) is 0 Å². The number of benzene rings is 1. The van der Waals surface area contributed by atoms with E-state index in [9.17, 15) is 0 Å². The number of aryl methyl sites for hydroxylation is 1. The molecule has 1 aromatic heterocycles. The highest BCUT2D eigenvalue weighted by atomic mass is 32.1. The van der Waals surface area contributed by atoms with Crippen LogP contribution in [-0.2, 0) is 6.42 Å². The average Bonchev–Trinajstić information content (AvgIpc) is 3.23. The van der Waals surface area contributed by atoms with E-state index in [-0.39, 0.29) is 6.17 Å². The van der Waals surface area contributed by atoms with Crippen molar-refractivity contribution in [1.82, 2.24) is 5.32 Å². The molecule has 1 aromatic carbocycles. The van der Waals surface area contributed by atoms with Crippen LogP contribution in [0.1, 0.15) is 32.3 Å². The number of amidine groups is 1. The van der Waals surface area contributed by atoms with Gasteiger partial charge in [0.2, 0.25) is 0 Å². The van der Waals surface area contributed by atoms with Crippen LogP contribution in [0.3, 0.4) is 0 Å². The van der Waals surface area contributed by atoms with Crippen molar-refractivity contribution in [1.29, 1.82) is 5.41 Å². The van der Waals surface area contributed by atoms with Gasteiger partial charge in [-0.1, -0.05) is 38.5 Å². The number of nitrogens with one attached hydrogen (secondary N) is 2. The first-order chi connectivity index (χ1) is 12.2. The summed E-state index contributed by atoms with van der Waals surface area (Å²) in [5, 5.41) is 15.3. The molecule has 4 nitrogen and oxygen atoms in total. The van der Waals surface area contributed by atoms with Gasteiger partial charge in [0.15, 0.2) is 5.84 Å². The van der Waals surface area contributed by atoms with E-state index in [0.29, 0.717) is 5.84 Å². The second kappa shape index (κ2) is 7.74. The second-order valence-electron chi connectivity index (χ2n) is 6.13. The van der Waals surface area contributed by atoms with Crippen LogP contribution in [0.2, 0.25) is 0 Å². The molecule has 0 bridgehead atoms. The van der Waals surface area contributed by atoms with Crippen molar-refractivity contribution in [3.8, 4) is 0 Å². The standard InChI is InChI=1S/C20H26N4S/c1-4-9-15-10-6-7-11-16(15)24-18(5-2)23(19-12-8-13-25-19)17(14-22-3)20(24)21/h6-8,10-14,18,21-22H,4-5,9H2,1-3H3/b17-14+,21-20?. The van der Waals surface area contributed by atoms with Gasteiger partial charge < -0.3 is 15.1 Å². The number of anilines is 2. The van der Waals surface area contributed by atoms with Crippen molar-refractivity contribution in [3.63, 3.8) is 0 Å². The normalized spacial score (nSPS) is 19.1.